The van der Waals surface area contributed by atoms with Crippen molar-refractivity contribution in [2.45, 2.75) is 20.4 Å². The van der Waals surface area contributed by atoms with Gasteiger partial charge in [0.25, 0.3) is 0 Å². The maximum atomic E-state index is 12.8. The van der Waals surface area contributed by atoms with Crippen LogP contribution in [0.2, 0.25) is 0 Å². The number of morpholine rings is 1. The largest absolute Gasteiger partial charge is 0.492 e. The van der Waals surface area contributed by atoms with E-state index in [1.807, 2.05) is 50.2 Å². The fraction of sp³-hybridized carbons (Fsp3) is 0.409. The van der Waals surface area contributed by atoms with Crippen LogP contribution in [0, 0.1) is 0 Å². The minimum Gasteiger partial charge on any atom is -0.492 e. The van der Waals surface area contributed by atoms with E-state index in [4.69, 9.17) is 14.2 Å². The number of hydrogen-bond acceptors (Lipinski definition) is 7. The molecule has 1 aliphatic heterocycles. The van der Waals surface area contributed by atoms with Gasteiger partial charge in [-0.2, -0.15) is 0 Å². The van der Waals surface area contributed by atoms with Crippen molar-refractivity contribution in [3.05, 3.63) is 36.4 Å². The molecule has 0 spiro atoms. The van der Waals surface area contributed by atoms with Gasteiger partial charge in [-0.05, 0) is 26.0 Å². The van der Waals surface area contributed by atoms with E-state index >= 15 is 0 Å². The molecule has 0 aliphatic carbocycles. The zero-order valence-electron chi connectivity index (χ0n) is 17.8. The molecule has 31 heavy (non-hydrogen) atoms. The van der Waals surface area contributed by atoms with Gasteiger partial charge in [0.05, 0.1) is 43.3 Å². The van der Waals surface area contributed by atoms with Crippen molar-refractivity contribution in [1.82, 2.24) is 15.0 Å². The van der Waals surface area contributed by atoms with Crippen molar-refractivity contribution < 1.29 is 19.0 Å². The summed E-state index contributed by atoms with van der Waals surface area (Å²) < 4.78 is 18.8. The minimum atomic E-state index is -0.224. The van der Waals surface area contributed by atoms with Crippen LogP contribution in [0.4, 0.5) is 11.4 Å². The summed E-state index contributed by atoms with van der Waals surface area (Å²) in [5.41, 5.74) is 3.06. The van der Waals surface area contributed by atoms with Crippen molar-refractivity contribution in [3.63, 3.8) is 0 Å². The van der Waals surface area contributed by atoms with Gasteiger partial charge in [-0.15, -0.1) is 5.10 Å². The van der Waals surface area contributed by atoms with Gasteiger partial charge in [-0.3, -0.25) is 4.79 Å². The van der Waals surface area contributed by atoms with E-state index < -0.39 is 0 Å². The molecular formula is C22H27N5O4. The number of anilines is 2. The molecule has 2 aromatic carbocycles. The summed E-state index contributed by atoms with van der Waals surface area (Å²) >= 11 is 0. The lowest BCUT2D eigenvalue weighted by molar-refractivity contribution is -0.116. The lowest BCUT2D eigenvalue weighted by Crippen LogP contribution is -2.36. The van der Waals surface area contributed by atoms with Crippen molar-refractivity contribution in [2.75, 3.05) is 49.7 Å². The van der Waals surface area contributed by atoms with Crippen LogP contribution in [0.3, 0.4) is 0 Å². The first-order valence-corrected chi connectivity index (χ1v) is 10.5. The highest BCUT2D eigenvalue weighted by Crippen LogP contribution is 2.39. The average molecular weight is 425 g/mol. The van der Waals surface area contributed by atoms with Gasteiger partial charge in [0, 0.05) is 25.2 Å². The Bertz CT molecular complexity index is 1050. The number of benzene rings is 2. The maximum absolute atomic E-state index is 12.8. The lowest BCUT2D eigenvalue weighted by atomic mass is 10.2. The van der Waals surface area contributed by atoms with Crippen LogP contribution >= 0.6 is 0 Å². The molecule has 1 fully saturated rings. The van der Waals surface area contributed by atoms with Crippen LogP contribution in [0.5, 0.6) is 11.5 Å². The van der Waals surface area contributed by atoms with Crippen LogP contribution in [-0.4, -0.2) is 60.4 Å². The molecule has 1 saturated heterocycles. The molecule has 1 aromatic heterocycles. The molecule has 1 N–H and O–H groups in total. The third-order valence-corrected chi connectivity index (χ3v) is 5.00. The highest BCUT2D eigenvalue weighted by Gasteiger charge is 2.21. The molecule has 164 valence electrons. The Morgan fingerprint density at radius 1 is 1.10 bits per heavy atom. The molecule has 1 aliphatic rings. The maximum Gasteiger partial charge on any atom is 0.246 e. The number of fused-ring (bicyclic) bond motifs is 1. The van der Waals surface area contributed by atoms with Crippen molar-refractivity contribution >= 4 is 28.3 Å². The van der Waals surface area contributed by atoms with Crippen LogP contribution in [0.25, 0.3) is 11.0 Å². The van der Waals surface area contributed by atoms with Crippen molar-refractivity contribution in [3.8, 4) is 11.5 Å². The Kier molecular flexibility index (Phi) is 6.51. The molecule has 1 amide bonds. The molecule has 9 nitrogen and oxygen atoms in total. The molecule has 0 radical (unpaired) electrons. The SMILES string of the molecule is CCOc1cc(N2CCOCC2)c(OCC)cc1NC(=O)Cn1nnc2ccccc21. The van der Waals surface area contributed by atoms with Crippen LogP contribution in [-0.2, 0) is 16.1 Å². The summed E-state index contributed by atoms with van der Waals surface area (Å²) in [6.07, 6.45) is 0. The van der Waals surface area contributed by atoms with E-state index in [0.29, 0.717) is 43.6 Å². The second-order valence-electron chi connectivity index (χ2n) is 7.07. The summed E-state index contributed by atoms with van der Waals surface area (Å²) in [5, 5.41) is 11.1. The highest BCUT2D eigenvalue weighted by atomic mass is 16.5. The number of carbonyl (C=O) groups is 1. The standard InChI is InChI=1S/C22H27N5O4/c1-3-30-20-14-19(26-9-11-29-12-10-26)21(31-4-2)13-17(20)23-22(28)15-27-18-8-6-5-7-16(18)24-25-27/h5-8,13-14H,3-4,9-12,15H2,1-2H3,(H,23,28). The second-order valence-corrected chi connectivity index (χ2v) is 7.07. The van der Waals surface area contributed by atoms with Gasteiger partial charge < -0.3 is 24.4 Å². The van der Waals surface area contributed by atoms with Gasteiger partial charge in [-0.1, -0.05) is 17.3 Å². The van der Waals surface area contributed by atoms with Crippen molar-refractivity contribution in [1.29, 1.82) is 0 Å². The summed E-state index contributed by atoms with van der Waals surface area (Å²) in [7, 11) is 0. The average Bonchev–Trinajstić information content (AvgIpc) is 3.19. The number of aromatic nitrogens is 3. The summed E-state index contributed by atoms with van der Waals surface area (Å²) in [6.45, 7) is 7.77. The number of nitrogens with zero attached hydrogens (tertiary/aromatic N) is 4. The third kappa shape index (κ3) is 4.72. The van der Waals surface area contributed by atoms with E-state index in [1.165, 1.54) is 0 Å². The number of nitrogens with one attached hydrogen (secondary N) is 1. The quantitative estimate of drug-likeness (QED) is 0.593. The van der Waals surface area contributed by atoms with E-state index in [0.717, 1.165) is 29.8 Å². The number of para-hydroxylation sites is 1. The number of carbonyl (C=O) groups excluding carboxylic acids is 1. The molecule has 2 heterocycles. The predicted octanol–water partition coefficient (Wildman–Crippen LogP) is 2.70. The summed E-state index contributed by atoms with van der Waals surface area (Å²) in [5.74, 6) is 1.08. The number of rotatable bonds is 8. The highest BCUT2D eigenvalue weighted by molar-refractivity contribution is 5.94. The van der Waals surface area contributed by atoms with Crippen LogP contribution in [0.15, 0.2) is 36.4 Å². The normalized spacial score (nSPS) is 13.9. The van der Waals surface area contributed by atoms with Gasteiger partial charge in [0.1, 0.15) is 23.6 Å². The van der Waals surface area contributed by atoms with Gasteiger partial charge >= 0.3 is 0 Å². The predicted molar refractivity (Wildman–Crippen MR) is 118 cm³/mol. The first kappa shape index (κ1) is 20.9. The minimum absolute atomic E-state index is 0.0429. The zero-order valence-corrected chi connectivity index (χ0v) is 17.8. The Morgan fingerprint density at radius 3 is 2.61 bits per heavy atom. The van der Waals surface area contributed by atoms with Crippen LogP contribution in [0.1, 0.15) is 13.8 Å². The van der Waals surface area contributed by atoms with Crippen molar-refractivity contribution in [2.24, 2.45) is 0 Å². The third-order valence-electron chi connectivity index (χ3n) is 5.00. The number of ether oxygens (including phenoxy) is 3. The Morgan fingerprint density at radius 2 is 1.84 bits per heavy atom. The van der Waals surface area contributed by atoms with E-state index in [-0.39, 0.29) is 12.5 Å². The Labute approximate surface area is 180 Å². The monoisotopic (exact) mass is 425 g/mol. The first-order valence-electron chi connectivity index (χ1n) is 10.5. The van der Waals surface area contributed by atoms with Crippen LogP contribution < -0.4 is 19.7 Å². The second kappa shape index (κ2) is 9.65. The first-order chi connectivity index (χ1) is 15.2. The fourth-order valence-electron chi connectivity index (χ4n) is 3.60. The molecule has 9 heteroatoms. The van der Waals surface area contributed by atoms with Gasteiger partial charge in [-0.25, -0.2) is 4.68 Å². The summed E-state index contributed by atoms with van der Waals surface area (Å²) in [6, 6.07) is 11.3. The number of hydrogen-bond donors (Lipinski definition) is 1. The lowest BCUT2D eigenvalue weighted by Gasteiger charge is -2.31. The smallest absolute Gasteiger partial charge is 0.246 e. The topological polar surface area (TPSA) is 90.7 Å². The molecular weight excluding hydrogens is 398 g/mol. The molecule has 3 aromatic rings. The van der Waals surface area contributed by atoms with E-state index in [1.54, 1.807) is 4.68 Å². The summed E-state index contributed by atoms with van der Waals surface area (Å²) in [4.78, 5) is 15.0. The zero-order chi connectivity index (χ0) is 21.6. The molecule has 4 rings (SSSR count). The van der Waals surface area contributed by atoms with Gasteiger partial charge in [0.15, 0.2) is 0 Å². The van der Waals surface area contributed by atoms with Gasteiger partial charge in [0.2, 0.25) is 5.91 Å². The van der Waals surface area contributed by atoms with E-state index in [2.05, 4.69) is 20.5 Å². The molecule has 0 saturated carbocycles. The molecule has 0 unspecified atom stereocenters. The molecule has 0 atom stereocenters. The fourth-order valence-corrected chi connectivity index (χ4v) is 3.60. The molecule has 0 bridgehead atoms. The van der Waals surface area contributed by atoms with E-state index in [9.17, 15) is 4.79 Å². The Balaban J connectivity index is 1.59. The number of amides is 1. The Hall–Kier alpha value is -3.33.